The number of anilines is 1. The first-order chi connectivity index (χ1) is 17.3. The van der Waals surface area contributed by atoms with Crippen LogP contribution < -0.4 is 19.1 Å². The molecule has 1 aliphatic carbocycles. The van der Waals surface area contributed by atoms with E-state index in [1.807, 2.05) is 18.2 Å². The van der Waals surface area contributed by atoms with E-state index in [0.29, 0.717) is 27.5 Å². The van der Waals surface area contributed by atoms with E-state index in [9.17, 15) is 8.42 Å². The van der Waals surface area contributed by atoms with Crippen LogP contribution in [0.5, 0.6) is 11.5 Å². The summed E-state index contributed by atoms with van der Waals surface area (Å²) >= 11 is 12.6. The van der Waals surface area contributed by atoms with Crippen LogP contribution in [0.15, 0.2) is 41.3 Å². The highest BCUT2D eigenvalue weighted by molar-refractivity contribution is 7.89. The van der Waals surface area contributed by atoms with Crippen LogP contribution in [0.25, 0.3) is 0 Å². The van der Waals surface area contributed by atoms with E-state index in [4.69, 9.17) is 32.7 Å². The highest BCUT2D eigenvalue weighted by Crippen LogP contribution is 2.34. The summed E-state index contributed by atoms with van der Waals surface area (Å²) in [7, 11) is -0.589. The van der Waals surface area contributed by atoms with Gasteiger partial charge in [0.05, 0.1) is 34.8 Å². The van der Waals surface area contributed by atoms with Crippen molar-refractivity contribution >= 4 is 38.9 Å². The fourth-order valence-corrected chi connectivity index (χ4v) is 6.89. The van der Waals surface area contributed by atoms with Crippen molar-refractivity contribution in [3.63, 3.8) is 0 Å². The molecule has 1 saturated heterocycles. The van der Waals surface area contributed by atoms with Crippen molar-refractivity contribution in [1.29, 1.82) is 0 Å². The van der Waals surface area contributed by atoms with Gasteiger partial charge in [-0.05, 0) is 68.8 Å². The number of nitrogens with one attached hydrogen (secondary N) is 1. The minimum absolute atomic E-state index is 0.0367. The Bertz CT molecular complexity index is 1130. The molecule has 1 N–H and O–H groups in total. The number of nitrogens with zero attached hydrogens (tertiary/aromatic N) is 2. The molecular formula is C26H35Cl2N3O4S. The summed E-state index contributed by atoms with van der Waals surface area (Å²) in [6.45, 7) is 4.95. The molecule has 7 nitrogen and oxygen atoms in total. The summed E-state index contributed by atoms with van der Waals surface area (Å²) < 4.78 is 39.2. The van der Waals surface area contributed by atoms with Gasteiger partial charge in [0.1, 0.15) is 0 Å². The molecule has 198 valence electrons. The zero-order valence-corrected chi connectivity index (χ0v) is 23.2. The van der Waals surface area contributed by atoms with Gasteiger partial charge < -0.3 is 14.4 Å². The molecule has 2 aromatic carbocycles. The number of methoxy groups -OCH3 is 2. The SMILES string of the molecule is COc1ccc(S(=O)(=O)NC2CCC(CCN3CCN(c4cccc(Cl)c4Cl)CC3)CC2)cc1OC. The molecule has 2 fully saturated rings. The van der Waals surface area contributed by atoms with Gasteiger partial charge in [0, 0.05) is 38.3 Å². The van der Waals surface area contributed by atoms with Gasteiger partial charge in [-0.1, -0.05) is 29.3 Å². The third-order valence-corrected chi connectivity index (χ3v) is 9.66. The standard InChI is InChI=1S/C26H35Cl2N3O4S/c1-34-24-11-10-21(18-25(24)35-2)36(32,33)29-20-8-6-19(7-9-20)12-13-30-14-16-31(17-15-30)23-5-3-4-22(27)26(23)28/h3-5,10-11,18-20,29H,6-9,12-17H2,1-2H3. The van der Waals surface area contributed by atoms with Crippen LogP contribution in [0.2, 0.25) is 10.0 Å². The molecule has 10 heteroatoms. The van der Waals surface area contributed by atoms with Gasteiger partial charge >= 0.3 is 0 Å². The normalized spacial score (nSPS) is 21.4. The van der Waals surface area contributed by atoms with Crippen LogP contribution in [-0.4, -0.2) is 66.3 Å². The molecule has 0 radical (unpaired) electrons. The number of sulfonamides is 1. The number of ether oxygens (including phenoxy) is 2. The summed E-state index contributed by atoms with van der Waals surface area (Å²) in [6.07, 6.45) is 4.94. The maximum atomic E-state index is 12.9. The lowest BCUT2D eigenvalue weighted by atomic mass is 9.84. The number of piperazine rings is 1. The van der Waals surface area contributed by atoms with Crippen LogP contribution in [0.3, 0.4) is 0 Å². The molecule has 2 aromatic rings. The van der Waals surface area contributed by atoms with Crippen molar-refractivity contribution < 1.29 is 17.9 Å². The Labute approximate surface area is 224 Å². The molecule has 0 aromatic heterocycles. The van der Waals surface area contributed by atoms with E-state index < -0.39 is 10.0 Å². The second-order valence-electron chi connectivity index (χ2n) is 9.55. The molecule has 0 amide bonds. The zero-order chi connectivity index (χ0) is 25.7. The highest BCUT2D eigenvalue weighted by atomic mass is 35.5. The van der Waals surface area contributed by atoms with Gasteiger partial charge in [-0.2, -0.15) is 0 Å². The molecule has 36 heavy (non-hydrogen) atoms. The van der Waals surface area contributed by atoms with Crippen molar-refractivity contribution in [2.24, 2.45) is 5.92 Å². The highest BCUT2D eigenvalue weighted by Gasteiger charge is 2.27. The molecule has 1 aliphatic heterocycles. The smallest absolute Gasteiger partial charge is 0.240 e. The molecule has 0 spiro atoms. The van der Waals surface area contributed by atoms with E-state index in [0.717, 1.165) is 70.5 Å². The maximum absolute atomic E-state index is 12.9. The molecule has 0 unspecified atom stereocenters. The monoisotopic (exact) mass is 555 g/mol. The predicted molar refractivity (Wildman–Crippen MR) is 145 cm³/mol. The molecule has 1 heterocycles. The van der Waals surface area contributed by atoms with Crippen LogP contribution in [-0.2, 0) is 10.0 Å². The van der Waals surface area contributed by atoms with E-state index in [1.165, 1.54) is 20.3 Å². The second-order valence-corrected chi connectivity index (χ2v) is 12.0. The fraction of sp³-hybridized carbons (Fsp3) is 0.538. The molecule has 1 saturated carbocycles. The summed E-state index contributed by atoms with van der Waals surface area (Å²) in [6, 6.07) is 10.4. The van der Waals surface area contributed by atoms with Crippen molar-refractivity contribution in [2.75, 3.05) is 51.8 Å². The van der Waals surface area contributed by atoms with Crippen LogP contribution >= 0.6 is 23.2 Å². The average molecular weight is 557 g/mol. The summed E-state index contributed by atoms with van der Waals surface area (Å²) in [5, 5.41) is 1.23. The molecule has 0 bridgehead atoms. The Hall–Kier alpha value is -1.71. The van der Waals surface area contributed by atoms with Crippen LogP contribution in [0, 0.1) is 5.92 Å². The fourth-order valence-electron chi connectivity index (χ4n) is 5.15. The van der Waals surface area contributed by atoms with Gasteiger partial charge in [-0.15, -0.1) is 0 Å². The first-order valence-electron chi connectivity index (χ1n) is 12.5. The minimum atomic E-state index is -3.61. The van der Waals surface area contributed by atoms with Gasteiger partial charge in [-0.25, -0.2) is 13.1 Å². The third kappa shape index (κ3) is 6.58. The Morgan fingerprint density at radius 2 is 1.64 bits per heavy atom. The Morgan fingerprint density at radius 1 is 0.944 bits per heavy atom. The Balaban J connectivity index is 1.20. The first kappa shape index (κ1) is 27.3. The van der Waals surface area contributed by atoms with Crippen molar-refractivity contribution in [3.05, 3.63) is 46.4 Å². The Kier molecular flexibility index (Phi) is 9.28. The van der Waals surface area contributed by atoms with Crippen molar-refractivity contribution in [1.82, 2.24) is 9.62 Å². The van der Waals surface area contributed by atoms with E-state index >= 15 is 0 Å². The van der Waals surface area contributed by atoms with Crippen LogP contribution in [0.1, 0.15) is 32.1 Å². The lowest BCUT2D eigenvalue weighted by molar-refractivity contribution is 0.214. The van der Waals surface area contributed by atoms with Crippen molar-refractivity contribution in [3.8, 4) is 11.5 Å². The zero-order valence-electron chi connectivity index (χ0n) is 20.9. The van der Waals surface area contributed by atoms with Gasteiger partial charge in [0.25, 0.3) is 0 Å². The maximum Gasteiger partial charge on any atom is 0.240 e. The average Bonchev–Trinajstić information content (AvgIpc) is 2.89. The second kappa shape index (κ2) is 12.2. The topological polar surface area (TPSA) is 71.1 Å². The van der Waals surface area contributed by atoms with Gasteiger partial charge in [0.2, 0.25) is 10.0 Å². The molecule has 2 aliphatic rings. The molecule has 4 rings (SSSR count). The predicted octanol–water partition coefficient (Wildman–Crippen LogP) is 5.06. The van der Waals surface area contributed by atoms with Crippen molar-refractivity contribution in [2.45, 2.75) is 43.0 Å². The number of benzene rings is 2. The van der Waals surface area contributed by atoms with Crippen LogP contribution in [0.4, 0.5) is 5.69 Å². The van der Waals surface area contributed by atoms with E-state index in [2.05, 4.69) is 14.5 Å². The minimum Gasteiger partial charge on any atom is -0.493 e. The lowest BCUT2D eigenvalue weighted by Crippen LogP contribution is -2.47. The molecule has 0 atom stereocenters. The number of rotatable bonds is 9. The summed E-state index contributed by atoms with van der Waals surface area (Å²) in [5.41, 5.74) is 1.01. The third-order valence-electron chi connectivity index (χ3n) is 7.33. The number of halogens is 2. The number of hydrogen-bond donors (Lipinski definition) is 1. The lowest BCUT2D eigenvalue weighted by Gasteiger charge is -2.37. The summed E-state index contributed by atoms with van der Waals surface area (Å²) in [4.78, 5) is 5.02. The summed E-state index contributed by atoms with van der Waals surface area (Å²) in [5.74, 6) is 1.54. The van der Waals surface area contributed by atoms with E-state index in [1.54, 1.807) is 12.1 Å². The molecular weight excluding hydrogens is 521 g/mol. The van der Waals surface area contributed by atoms with Gasteiger partial charge in [-0.3, -0.25) is 4.90 Å². The first-order valence-corrected chi connectivity index (χ1v) is 14.7. The largest absolute Gasteiger partial charge is 0.493 e. The Morgan fingerprint density at radius 3 is 2.31 bits per heavy atom. The van der Waals surface area contributed by atoms with Gasteiger partial charge in [0.15, 0.2) is 11.5 Å². The quantitative estimate of drug-likeness (QED) is 0.466. The van der Waals surface area contributed by atoms with E-state index in [-0.39, 0.29) is 10.9 Å². The number of hydrogen-bond acceptors (Lipinski definition) is 6.